The van der Waals surface area contributed by atoms with E-state index in [2.05, 4.69) is 10.6 Å². The third-order valence-electron chi connectivity index (χ3n) is 4.33. The SMILES string of the molecule is O=C(COC(=O)c1ccc(CN2CCCC2=O)cc1)NC(=O)NCc1cccs1. The average molecular weight is 415 g/mol. The van der Waals surface area contributed by atoms with Crippen molar-refractivity contribution >= 4 is 35.2 Å². The smallest absolute Gasteiger partial charge is 0.338 e. The molecule has 0 spiro atoms. The molecule has 29 heavy (non-hydrogen) atoms. The first-order valence-electron chi connectivity index (χ1n) is 9.15. The molecule has 0 radical (unpaired) electrons. The molecular weight excluding hydrogens is 394 g/mol. The maximum absolute atomic E-state index is 12.1. The van der Waals surface area contributed by atoms with Crippen molar-refractivity contribution in [2.24, 2.45) is 0 Å². The minimum atomic E-state index is -0.716. The highest BCUT2D eigenvalue weighted by molar-refractivity contribution is 7.09. The number of hydrogen-bond acceptors (Lipinski definition) is 6. The molecule has 4 amide bonds. The first-order valence-corrected chi connectivity index (χ1v) is 10.0. The largest absolute Gasteiger partial charge is 0.452 e. The fourth-order valence-corrected chi connectivity index (χ4v) is 3.48. The van der Waals surface area contributed by atoms with Crippen molar-refractivity contribution in [2.75, 3.05) is 13.2 Å². The van der Waals surface area contributed by atoms with E-state index >= 15 is 0 Å². The van der Waals surface area contributed by atoms with Crippen LogP contribution in [0.15, 0.2) is 41.8 Å². The van der Waals surface area contributed by atoms with Crippen LogP contribution in [0.2, 0.25) is 0 Å². The van der Waals surface area contributed by atoms with E-state index in [-0.39, 0.29) is 11.5 Å². The lowest BCUT2D eigenvalue weighted by molar-refractivity contribution is -0.128. The van der Waals surface area contributed by atoms with Crippen LogP contribution in [0.25, 0.3) is 0 Å². The van der Waals surface area contributed by atoms with E-state index < -0.39 is 24.5 Å². The highest BCUT2D eigenvalue weighted by Gasteiger charge is 2.20. The summed E-state index contributed by atoms with van der Waals surface area (Å²) in [4.78, 5) is 49.9. The molecular formula is C20H21N3O5S. The van der Waals surface area contributed by atoms with Gasteiger partial charge in [-0.25, -0.2) is 9.59 Å². The van der Waals surface area contributed by atoms with Crippen LogP contribution >= 0.6 is 11.3 Å². The summed E-state index contributed by atoms with van der Waals surface area (Å²) in [6.45, 7) is 1.01. The van der Waals surface area contributed by atoms with E-state index in [4.69, 9.17) is 4.74 Å². The molecule has 1 aromatic heterocycles. The van der Waals surface area contributed by atoms with Crippen LogP contribution in [0.1, 0.15) is 33.6 Å². The van der Waals surface area contributed by atoms with Gasteiger partial charge in [-0.3, -0.25) is 14.9 Å². The van der Waals surface area contributed by atoms with Gasteiger partial charge in [0, 0.05) is 24.4 Å². The molecule has 8 nitrogen and oxygen atoms in total. The average Bonchev–Trinajstić information content (AvgIpc) is 3.37. The minimum Gasteiger partial charge on any atom is -0.452 e. The number of imide groups is 1. The zero-order chi connectivity index (χ0) is 20.6. The lowest BCUT2D eigenvalue weighted by Crippen LogP contribution is -2.41. The van der Waals surface area contributed by atoms with Gasteiger partial charge in [0.2, 0.25) is 5.91 Å². The van der Waals surface area contributed by atoms with Gasteiger partial charge in [-0.05, 0) is 35.6 Å². The monoisotopic (exact) mass is 415 g/mol. The number of ether oxygens (including phenoxy) is 1. The zero-order valence-corrected chi connectivity index (χ0v) is 16.5. The van der Waals surface area contributed by atoms with E-state index in [1.165, 1.54) is 11.3 Å². The van der Waals surface area contributed by atoms with Gasteiger partial charge in [-0.15, -0.1) is 11.3 Å². The lowest BCUT2D eigenvalue weighted by atomic mass is 10.1. The molecule has 152 valence electrons. The van der Waals surface area contributed by atoms with Crippen LogP contribution in [-0.4, -0.2) is 41.9 Å². The number of rotatable bonds is 7. The van der Waals surface area contributed by atoms with E-state index in [0.717, 1.165) is 23.4 Å². The summed E-state index contributed by atoms with van der Waals surface area (Å²) in [5, 5.41) is 6.54. The number of carbonyl (C=O) groups excluding carboxylic acids is 4. The summed E-state index contributed by atoms with van der Waals surface area (Å²) in [6, 6.07) is 9.75. The van der Waals surface area contributed by atoms with Crippen molar-refractivity contribution in [3.8, 4) is 0 Å². The molecule has 1 aliphatic rings. The third-order valence-corrected chi connectivity index (χ3v) is 5.20. The number of likely N-dealkylation sites (tertiary alicyclic amines) is 1. The van der Waals surface area contributed by atoms with Gasteiger partial charge in [-0.2, -0.15) is 0 Å². The Labute approximate surface area is 171 Å². The van der Waals surface area contributed by atoms with Gasteiger partial charge in [0.25, 0.3) is 5.91 Å². The van der Waals surface area contributed by atoms with E-state index in [1.807, 2.05) is 17.5 Å². The molecule has 2 aromatic rings. The highest BCUT2D eigenvalue weighted by atomic mass is 32.1. The molecule has 1 saturated heterocycles. The number of amides is 4. The van der Waals surface area contributed by atoms with Crippen molar-refractivity contribution in [3.05, 3.63) is 57.8 Å². The second kappa shape index (κ2) is 9.83. The zero-order valence-electron chi connectivity index (χ0n) is 15.7. The molecule has 1 fully saturated rings. The van der Waals surface area contributed by atoms with Crippen LogP contribution in [0.3, 0.4) is 0 Å². The molecule has 3 rings (SSSR count). The molecule has 0 bridgehead atoms. The number of carbonyl (C=O) groups is 4. The number of esters is 1. The number of benzene rings is 1. The highest BCUT2D eigenvalue weighted by Crippen LogP contribution is 2.15. The van der Waals surface area contributed by atoms with Crippen LogP contribution in [0.5, 0.6) is 0 Å². The summed E-state index contributed by atoms with van der Waals surface area (Å²) in [6.07, 6.45) is 1.45. The summed E-state index contributed by atoms with van der Waals surface area (Å²) in [7, 11) is 0. The topological polar surface area (TPSA) is 105 Å². The van der Waals surface area contributed by atoms with Crippen molar-refractivity contribution in [1.82, 2.24) is 15.5 Å². The van der Waals surface area contributed by atoms with Gasteiger partial charge < -0.3 is 15.0 Å². The Balaban J connectivity index is 1.39. The number of hydrogen-bond donors (Lipinski definition) is 2. The molecule has 0 unspecified atom stereocenters. The maximum Gasteiger partial charge on any atom is 0.338 e. The van der Waals surface area contributed by atoms with Crippen LogP contribution in [-0.2, 0) is 27.4 Å². The number of urea groups is 1. The van der Waals surface area contributed by atoms with Crippen molar-refractivity contribution in [3.63, 3.8) is 0 Å². The van der Waals surface area contributed by atoms with Gasteiger partial charge in [0.15, 0.2) is 6.61 Å². The van der Waals surface area contributed by atoms with E-state index in [1.54, 1.807) is 29.2 Å². The number of nitrogens with one attached hydrogen (secondary N) is 2. The number of thiophene rings is 1. The van der Waals surface area contributed by atoms with Gasteiger partial charge in [0.1, 0.15) is 0 Å². The Morgan fingerprint density at radius 2 is 1.93 bits per heavy atom. The molecule has 1 aromatic carbocycles. The van der Waals surface area contributed by atoms with Gasteiger partial charge in [0.05, 0.1) is 12.1 Å². The molecule has 1 aliphatic heterocycles. The molecule has 0 aliphatic carbocycles. The fraction of sp³-hybridized carbons (Fsp3) is 0.300. The first kappa shape index (κ1) is 20.5. The first-order chi connectivity index (χ1) is 14.0. The van der Waals surface area contributed by atoms with Crippen LogP contribution in [0, 0.1) is 0 Å². The van der Waals surface area contributed by atoms with E-state index in [9.17, 15) is 19.2 Å². The second-order valence-corrected chi connectivity index (χ2v) is 7.53. The van der Waals surface area contributed by atoms with Crippen LogP contribution < -0.4 is 10.6 Å². The summed E-state index contributed by atoms with van der Waals surface area (Å²) < 4.78 is 4.94. The number of nitrogens with zero attached hydrogens (tertiary/aromatic N) is 1. The summed E-state index contributed by atoms with van der Waals surface area (Å²) in [5.41, 5.74) is 1.20. The fourth-order valence-electron chi connectivity index (χ4n) is 2.84. The Kier molecular flexibility index (Phi) is 6.96. The molecule has 9 heteroatoms. The standard InChI is InChI=1S/C20H21N3O5S/c24-17(22-20(27)21-11-16-3-2-10-29-16)13-28-19(26)15-7-5-14(6-8-15)12-23-9-1-4-18(23)25/h2-3,5-8,10H,1,4,9,11-13H2,(H2,21,22,24,27). The Hall–Kier alpha value is -3.20. The predicted molar refractivity (Wildman–Crippen MR) is 106 cm³/mol. The molecule has 0 atom stereocenters. The maximum atomic E-state index is 12.1. The molecule has 2 N–H and O–H groups in total. The summed E-state index contributed by atoms with van der Waals surface area (Å²) in [5.74, 6) is -1.24. The normalized spacial score (nSPS) is 13.2. The Bertz CT molecular complexity index is 880. The lowest BCUT2D eigenvalue weighted by Gasteiger charge is -2.15. The molecule has 0 saturated carbocycles. The van der Waals surface area contributed by atoms with Crippen molar-refractivity contribution in [1.29, 1.82) is 0 Å². The van der Waals surface area contributed by atoms with E-state index in [0.29, 0.717) is 19.5 Å². The van der Waals surface area contributed by atoms with Gasteiger partial charge >= 0.3 is 12.0 Å². The molecule has 2 heterocycles. The quantitative estimate of drug-likeness (QED) is 0.674. The van der Waals surface area contributed by atoms with Crippen molar-refractivity contribution < 1.29 is 23.9 Å². The minimum absolute atomic E-state index is 0.138. The van der Waals surface area contributed by atoms with Crippen LogP contribution in [0.4, 0.5) is 4.79 Å². The second-order valence-electron chi connectivity index (χ2n) is 6.50. The Morgan fingerprint density at radius 3 is 2.59 bits per heavy atom. The van der Waals surface area contributed by atoms with Crippen molar-refractivity contribution in [2.45, 2.75) is 25.9 Å². The van der Waals surface area contributed by atoms with Gasteiger partial charge in [-0.1, -0.05) is 18.2 Å². The predicted octanol–water partition coefficient (Wildman–Crippen LogP) is 2.05. The Morgan fingerprint density at radius 1 is 1.14 bits per heavy atom. The third kappa shape index (κ3) is 6.15. The summed E-state index contributed by atoms with van der Waals surface area (Å²) >= 11 is 1.49.